The van der Waals surface area contributed by atoms with E-state index >= 15 is 0 Å². The van der Waals surface area contributed by atoms with Gasteiger partial charge in [-0.3, -0.25) is 0 Å². The zero-order chi connectivity index (χ0) is 14.5. The highest BCUT2D eigenvalue weighted by atomic mass is 14.2. The molecule has 0 aromatic heterocycles. The topological polar surface area (TPSA) is 47.6 Å². The van der Waals surface area contributed by atoms with E-state index in [9.17, 15) is 0 Å². The highest BCUT2D eigenvalue weighted by Crippen LogP contribution is 1.95. The first-order valence-corrected chi connectivity index (χ1v) is 6.34. The largest absolute Gasteiger partial charge is 0.193 e. The zero-order valence-corrected chi connectivity index (χ0v) is 11.5. The van der Waals surface area contributed by atoms with Crippen LogP contribution < -0.4 is 10.4 Å². The minimum atomic E-state index is 0.714. The van der Waals surface area contributed by atoms with Gasteiger partial charge in [0.15, 0.2) is 0 Å². The van der Waals surface area contributed by atoms with Crippen LogP contribution in [0.15, 0.2) is 48.5 Å². The molecule has 0 heterocycles. The summed E-state index contributed by atoms with van der Waals surface area (Å²) in [5, 5.41) is 21.8. The van der Waals surface area contributed by atoms with Gasteiger partial charge < -0.3 is 0 Å². The molecule has 0 fully saturated rings. The normalized spacial score (nSPS) is 9.40. The summed E-state index contributed by atoms with van der Waals surface area (Å²) in [4.78, 5) is 0. The standard InChI is InChI=1S/C18H14N2/c1-13(11-19)15-3-7-17(8-4-15)18-9-5-16(6-10-18)14(2)12-20/h3-10H,1-2H3. The van der Waals surface area contributed by atoms with Crippen molar-refractivity contribution >= 4 is 11.1 Å². The molecule has 2 rings (SSSR count). The van der Waals surface area contributed by atoms with Crippen molar-refractivity contribution in [1.82, 2.24) is 0 Å². The molecule has 2 aromatic carbocycles. The first-order valence-electron chi connectivity index (χ1n) is 6.34. The van der Waals surface area contributed by atoms with Crippen LogP contribution in [0, 0.1) is 33.1 Å². The van der Waals surface area contributed by atoms with E-state index in [0.717, 1.165) is 20.9 Å². The molecule has 96 valence electrons. The Labute approximate surface area is 117 Å². The fourth-order valence-electron chi connectivity index (χ4n) is 1.95. The SMILES string of the molecule is CC(C#N)=c1ccc(=c2ccc(=C(C)C#N)cc2)cc1. The number of nitrogens with zero attached hydrogens (tertiary/aromatic N) is 2. The van der Waals surface area contributed by atoms with E-state index in [4.69, 9.17) is 10.5 Å². The lowest BCUT2D eigenvalue weighted by atomic mass is 10.1. The zero-order valence-electron chi connectivity index (χ0n) is 11.5. The van der Waals surface area contributed by atoms with Gasteiger partial charge in [-0.2, -0.15) is 10.5 Å². The second kappa shape index (κ2) is 5.87. The first-order chi connectivity index (χ1) is 9.65. The van der Waals surface area contributed by atoms with E-state index in [0.29, 0.717) is 11.1 Å². The van der Waals surface area contributed by atoms with E-state index in [1.165, 1.54) is 0 Å². The molecule has 0 atom stereocenters. The van der Waals surface area contributed by atoms with Gasteiger partial charge in [0, 0.05) is 11.1 Å². The summed E-state index contributed by atoms with van der Waals surface area (Å²) in [7, 11) is 0. The van der Waals surface area contributed by atoms with Gasteiger partial charge in [-0.15, -0.1) is 0 Å². The Morgan fingerprint density at radius 2 is 0.950 bits per heavy atom. The van der Waals surface area contributed by atoms with E-state index in [1.807, 2.05) is 62.4 Å². The predicted molar refractivity (Wildman–Crippen MR) is 79.2 cm³/mol. The van der Waals surface area contributed by atoms with Crippen molar-refractivity contribution in [2.24, 2.45) is 0 Å². The van der Waals surface area contributed by atoms with E-state index in [-0.39, 0.29) is 0 Å². The second-order valence-electron chi connectivity index (χ2n) is 4.63. The molecule has 2 aromatic rings. The number of rotatable bonds is 0. The molecule has 2 heteroatoms. The number of hydrogen-bond donors (Lipinski definition) is 0. The lowest BCUT2D eigenvalue weighted by Gasteiger charge is -1.92. The Bertz CT molecular complexity index is 812. The average molecular weight is 258 g/mol. The molecule has 0 spiro atoms. The molecule has 20 heavy (non-hydrogen) atoms. The summed E-state index contributed by atoms with van der Waals surface area (Å²) in [5.74, 6) is 0. The Balaban J connectivity index is 2.68. The maximum absolute atomic E-state index is 8.86. The summed E-state index contributed by atoms with van der Waals surface area (Å²) in [6.45, 7) is 3.62. The van der Waals surface area contributed by atoms with Gasteiger partial charge in [-0.25, -0.2) is 0 Å². The van der Waals surface area contributed by atoms with Crippen LogP contribution in [0.5, 0.6) is 0 Å². The second-order valence-corrected chi connectivity index (χ2v) is 4.63. The van der Waals surface area contributed by atoms with Crippen molar-refractivity contribution in [3.63, 3.8) is 0 Å². The molecule has 0 radical (unpaired) electrons. The highest BCUT2D eigenvalue weighted by molar-refractivity contribution is 5.57. The van der Waals surface area contributed by atoms with Gasteiger partial charge >= 0.3 is 0 Å². The Kier molecular flexibility index (Phi) is 3.99. The minimum absolute atomic E-state index is 0.714. The predicted octanol–water partition coefficient (Wildman–Crippen LogP) is 2.36. The number of benzene rings is 2. The molecular formula is C18H14N2. The van der Waals surface area contributed by atoms with Crippen LogP contribution in [0.2, 0.25) is 0 Å². The van der Waals surface area contributed by atoms with Crippen LogP contribution in [-0.4, -0.2) is 0 Å². The minimum Gasteiger partial charge on any atom is -0.193 e. The van der Waals surface area contributed by atoms with E-state index < -0.39 is 0 Å². The molecule has 0 amide bonds. The Hall–Kier alpha value is -2.84. The highest BCUT2D eigenvalue weighted by Gasteiger charge is 1.90. The van der Waals surface area contributed by atoms with Crippen molar-refractivity contribution < 1.29 is 0 Å². The lowest BCUT2D eigenvalue weighted by Crippen LogP contribution is -2.02. The third-order valence-electron chi connectivity index (χ3n) is 3.30. The summed E-state index contributed by atoms with van der Waals surface area (Å²) < 4.78 is 0. The van der Waals surface area contributed by atoms with Crippen LogP contribution in [0.3, 0.4) is 0 Å². The van der Waals surface area contributed by atoms with Gasteiger partial charge in [-0.05, 0) is 34.7 Å². The summed E-state index contributed by atoms with van der Waals surface area (Å²) in [5.41, 5.74) is 1.43. The maximum atomic E-state index is 8.86. The third-order valence-corrected chi connectivity index (χ3v) is 3.30. The fraction of sp³-hybridized carbons (Fsp3) is 0.111. The maximum Gasteiger partial charge on any atom is 0.0950 e. The Morgan fingerprint density at radius 3 is 1.20 bits per heavy atom. The molecule has 0 unspecified atom stereocenters. The molecule has 0 aliphatic carbocycles. The summed E-state index contributed by atoms with van der Waals surface area (Å²) in [6, 6.07) is 20.1. The smallest absolute Gasteiger partial charge is 0.0950 e. The van der Waals surface area contributed by atoms with Crippen LogP contribution in [-0.2, 0) is 0 Å². The molecular weight excluding hydrogens is 244 g/mol. The van der Waals surface area contributed by atoms with Crippen molar-refractivity contribution in [3.05, 3.63) is 69.4 Å². The summed E-state index contributed by atoms with van der Waals surface area (Å²) in [6.07, 6.45) is 0. The molecule has 0 saturated carbocycles. The molecule has 0 bridgehead atoms. The van der Waals surface area contributed by atoms with Gasteiger partial charge in [0.05, 0.1) is 12.1 Å². The van der Waals surface area contributed by atoms with Gasteiger partial charge in [0.1, 0.15) is 0 Å². The Morgan fingerprint density at radius 1 is 0.650 bits per heavy atom. The van der Waals surface area contributed by atoms with Crippen molar-refractivity contribution in [2.45, 2.75) is 13.8 Å². The van der Waals surface area contributed by atoms with Crippen molar-refractivity contribution in [3.8, 4) is 12.1 Å². The van der Waals surface area contributed by atoms with E-state index in [2.05, 4.69) is 12.1 Å². The van der Waals surface area contributed by atoms with Crippen LogP contribution in [0.4, 0.5) is 0 Å². The quantitative estimate of drug-likeness (QED) is 0.728. The van der Waals surface area contributed by atoms with E-state index in [1.54, 1.807) is 0 Å². The molecule has 2 nitrogen and oxygen atoms in total. The number of nitriles is 2. The van der Waals surface area contributed by atoms with Crippen molar-refractivity contribution in [1.29, 1.82) is 10.5 Å². The molecule has 0 saturated heterocycles. The van der Waals surface area contributed by atoms with Gasteiger partial charge in [0.25, 0.3) is 0 Å². The lowest BCUT2D eigenvalue weighted by molar-refractivity contribution is 1.42. The monoisotopic (exact) mass is 258 g/mol. The first kappa shape index (κ1) is 13.6. The fourth-order valence-corrected chi connectivity index (χ4v) is 1.95. The molecule has 0 aliphatic rings. The number of hydrogen-bond acceptors (Lipinski definition) is 2. The summed E-state index contributed by atoms with van der Waals surface area (Å²) >= 11 is 0. The van der Waals surface area contributed by atoms with Crippen molar-refractivity contribution in [2.75, 3.05) is 0 Å². The third kappa shape index (κ3) is 2.76. The van der Waals surface area contributed by atoms with Crippen LogP contribution >= 0.6 is 0 Å². The van der Waals surface area contributed by atoms with Gasteiger partial charge in [0.2, 0.25) is 0 Å². The average Bonchev–Trinajstić information content (AvgIpc) is 2.53. The van der Waals surface area contributed by atoms with Crippen LogP contribution in [0.25, 0.3) is 11.1 Å². The molecule has 0 N–H and O–H groups in total. The van der Waals surface area contributed by atoms with Gasteiger partial charge in [-0.1, -0.05) is 48.5 Å². The molecule has 0 aliphatic heterocycles. The van der Waals surface area contributed by atoms with Crippen LogP contribution in [0.1, 0.15) is 13.8 Å².